The van der Waals surface area contributed by atoms with E-state index in [2.05, 4.69) is 58.5 Å². The van der Waals surface area contributed by atoms with Crippen molar-refractivity contribution >= 4 is 82.9 Å². The minimum absolute atomic E-state index is 0.0555. The van der Waals surface area contributed by atoms with E-state index < -0.39 is 144 Å². The van der Waals surface area contributed by atoms with Crippen LogP contribution in [-0.4, -0.2) is 172 Å². The SMILES string of the molecule is CCNC(=O)C(CC(C)C)NC(=O)[C@H](CC(=O)O)NC(=O)[C@H](CC1CCCCC1)NC(=O)C1CCCCC1C(=O)O.CCNC(=O)C(CC(C)C)NC(=O)[C@H](CC)NC(=O)[C@@H](N)CC1CCCCC1.CCNC(=O)C(CC(C)C)NC(=O)[C@H](CC)NC(=O)[C@H](CC1CCCCC1)NC(=O)C1CCCCC1C(=O)O. The van der Waals surface area contributed by atoms with Gasteiger partial charge < -0.3 is 79.5 Å². The van der Waals surface area contributed by atoms with Gasteiger partial charge in [-0.15, -0.1) is 0 Å². The molecule has 0 heterocycles. The first-order valence-electron chi connectivity index (χ1n) is 41.0. The Morgan fingerprint density at radius 3 is 0.852 bits per heavy atom. The quantitative estimate of drug-likeness (QED) is 0.0303. The standard InChI is InChI=1S/C29H48N4O8.C29H50N4O6.C21H40N4O3/c1-4-30-26(37)21(14-17(2)3)32-28(39)23(16-24(34)35)33-27(38)22(15-18-10-6-5-7-11-18)31-25(36)19-12-8-9-13-20(19)29(40)41;1-5-22(27(36)33-23(16-18(3)4)26(35)30-6-2)31-28(37)24(17-19-12-8-7-9-13-19)32-25(34)20-14-10-11-15-21(20)29(38)39;1-5-17(21(28)25-18(12-14(3)4)20(27)23-6-2)24-19(26)16(22)13-15-10-8-7-9-11-15/h17-23H,4-16H2,1-3H3,(H,30,37)(H,31,36)(H,32,39)(H,33,38)(H,34,35)(H,40,41);18-24H,5-17H2,1-4H3,(H,30,35)(H,31,37)(H,32,34)(H,33,36)(H,38,39);14-18H,5-13,22H2,1-4H3,(H,23,27)(H,24,26)(H,25,28)/t19?,20?,21?,22-,23-;20?,21?,22-,23?,24-;16-,17-,18?/m000/s1. The Morgan fingerprint density at radius 1 is 0.306 bits per heavy atom. The van der Waals surface area contributed by atoms with Crippen molar-refractivity contribution in [2.75, 3.05) is 19.6 Å². The third-order valence-electron chi connectivity index (χ3n) is 21.5. The molecule has 0 aromatic carbocycles. The fraction of sp³-hybridized carbons (Fsp3) is 0.823. The molecule has 5 aliphatic carbocycles. The molecule has 0 saturated heterocycles. The molecule has 29 heteroatoms. The summed E-state index contributed by atoms with van der Waals surface area (Å²) >= 11 is 0. The fourth-order valence-electron chi connectivity index (χ4n) is 15.6. The van der Waals surface area contributed by atoms with Crippen LogP contribution in [0.1, 0.15) is 282 Å². The summed E-state index contributed by atoms with van der Waals surface area (Å²) in [6, 6.07) is -7.75. The van der Waals surface area contributed by atoms with Gasteiger partial charge in [-0.2, -0.15) is 0 Å². The van der Waals surface area contributed by atoms with Crippen molar-refractivity contribution in [3.8, 4) is 0 Å². The minimum Gasteiger partial charge on any atom is -0.481 e. The maximum Gasteiger partial charge on any atom is 0.307 e. The molecule has 13 atom stereocenters. The van der Waals surface area contributed by atoms with E-state index in [1.807, 2.05) is 62.3 Å². The average Bonchev–Trinajstić information content (AvgIpc) is 0.848. The van der Waals surface area contributed by atoms with Gasteiger partial charge in [-0.25, -0.2) is 0 Å². The number of hydrogen-bond acceptors (Lipinski definition) is 15. The maximum atomic E-state index is 13.6. The van der Waals surface area contributed by atoms with E-state index in [1.165, 1.54) is 19.3 Å². The topological polar surface area (TPSA) is 458 Å². The Morgan fingerprint density at radius 2 is 0.565 bits per heavy atom. The molecule has 0 bridgehead atoms. The highest BCUT2D eigenvalue weighted by molar-refractivity contribution is 5.98. The van der Waals surface area contributed by atoms with Gasteiger partial charge in [0.2, 0.25) is 65.0 Å². The van der Waals surface area contributed by atoms with Crippen LogP contribution in [0.5, 0.6) is 0 Å². The molecule has 0 aromatic heterocycles. The summed E-state index contributed by atoms with van der Waals surface area (Å²) in [4.78, 5) is 178. The zero-order chi connectivity index (χ0) is 80.6. The van der Waals surface area contributed by atoms with Crippen LogP contribution >= 0.6 is 0 Å². The maximum absolute atomic E-state index is 13.6. The summed E-state index contributed by atoms with van der Waals surface area (Å²) in [5, 5.41) is 58.9. The van der Waals surface area contributed by atoms with Gasteiger partial charge in [0.1, 0.15) is 48.3 Å². The minimum atomic E-state index is -1.48. The Hall–Kier alpha value is -7.46. The summed E-state index contributed by atoms with van der Waals surface area (Å²) in [6.07, 6.45) is 23.5. The monoisotopic (exact) mass is 1530 g/mol. The fourth-order valence-corrected chi connectivity index (χ4v) is 15.6. The molecule has 5 saturated carbocycles. The Labute approximate surface area is 641 Å². The van der Waals surface area contributed by atoms with Crippen LogP contribution < -0.4 is 64.2 Å². The molecule has 616 valence electrons. The van der Waals surface area contributed by atoms with Gasteiger partial charge in [0, 0.05) is 19.6 Å². The van der Waals surface area contributed by atoms with Crippen LogP contribution in [-0.2, 0) is 67.1 Å². The van der Waals surface area contributed by atoms with Crippen LogP contribution in [0, 0.1) is 59.2 Å². The van der Waals surface area contributed by atoms with E-state index in [4.69, 9.17) is 5.73 Å². The van der Waals surface area contributed by atoms with E-state index in [9.17, 15) is 82.4 Å². The first-order chi connectivity index (χ1) is 51.3. The predicted molar refractivity (Wildman–Crippen MR) is 410 cm³/mol. The van der Waals surface area contributed by atoms with E-state index in [1.54, 1.807) is 13.8 Å². The van der Waals surface area contributed by atoms with Crippen molar-refractivity contribution in [1.82, 2.24) is 58.5 Å². The predicted octanol–water partition coefficient (Wildman–Crippen LogP) is 6.70. The van der Waals surface area contributed by atoms with Gasteiger partial charge in [-0.1, -0.05) is 177 Å². The summed E-state index contributed by atoms with van der Waals surface area (Å²) in [6.45, 7) is 22.0. The number of rotatable bonds is 40. The molecule has 0 spiro atoms. The third-order valence-corrected chi connectivity index (χ3v) is 21.5. The summed E-state index contributed by atoms with van der Waals surface area (Å²) < 4.78 is 0. The second-order valence-corrected chi connectivity index (χ2v) is 32.0. The molecule has 16 N–H and O–H groups in total. The molecule has 0 aromatic rings. The van der Waals surface area contributed by atoms with Crippen LogP contribution in [0.25, 0.3) is 0 Å². The van der Waals surface area contributed by atoms with E-state index in [0.717, 1.165) is 89.9 Å². The molecule has 5 fully saturated rings. The van der Waals surface area contributed by atoms with E-state index in [0.29, 0.717) is 115 Å². The van der Waals surface area contributed by atoms with Crippen molar-refractivity contribution in [1.29, 1.82) is 0 Å². The lowest BCUT2D eigenvalue weighted by Crippen LogP contribution is -2.58. The lowest BCUT2D eigenvalue weighted by Gasteiger charge is -2.31. The van der Waals surface area contributed by atoms with Crippen molar-refractivity contribution in [2.45, 2.75) is 336 Å². The Bertz CT molecular complexity index is 2860. The Balaban J connectivity index is 0.000000428. The first-order valence-corrected chi connectivity index (χ1v) is 41.0. The first kappa shape index (κ1) is 94.7. The molecule has 7 unspecified atom stereocenters. The number of carbonyl (C=O) groups excluding carboxylic acids is 11. The number of likely N-dealkylation sites (N-methyl/N-ethyl adjacent to an activating group) is 3. The third kappa shape index (κ3) is 35.1. The van der Waals surface area contributed by atoms with Gasteiger partial charge in [0.05, 0.1) is 36.1 Å². The number of nitrogens with one attached hydrogen (secondary N) is 11. The molecule has 108 heavy (non-hydrogen) atoms. The smallest absolute Gasteiger partial charge is 0.307 e. The number of aliphatic carboxylic acids is 3. The number of amides is 11. The zero-order valence-electron chi connectivity index (χ0n) is 66.9. The van der Waals surface area contributed by atoms with Crippen LogP contribution in [0.4, 0.5) is 0 Å². The van der Waals surface area contributed by atoms with Crippen LogP contribution in [0.2, 0.25) is 0 Å². The van der Waals surface area contributed by atoms with Gasteiger partial charge in [-0.3, -0.25) is 67.1 Å². The molecule has 5 aliphatic rings. The number of nitrogens with two attached hydrogens (primary N) is 1. The van der Waals surface area contributed by atoms with Crippen molar-refractivity contribution in [3.05, 3.63) is 0 Å². The number of hydrogen-bond donors (Lipinski definition) is 15. The molecule has 29 nitrogen and oxygen atoms in total. The largest absolute Gasteiger partial charge is 0.481 e. The van der Waals surface area contributed by atoms with Crippen molar-refractivity contribution in [2.24, 2.45) is 64.9 Å². The summed E-state index contributed by atoms with van der Waals surface area (Å²) in [5.41, 5.74) is 6.10. The highest BCUT2D eigenvalue weighted by Gasteiger charge is 2.42. The second-order valence-electron chi connectivity index (χ2n) is 32.0. The number of carboxylic acid groups (broad SMARTS) is 3. The summed E-state index contributed by atoms with van der Waals surface area (Å²) in [7, 11) is 0. The Kier molecular flexibility index (Phi) is 44.8. The second kappa shape index (κ2) is 51.1. The van der Waals surface area contributed by atoms with E-state index >= 15 is 0 Å². The van der Waals surface area contributed by atoms with Crippen molar-refractivity contribution in [3.63, 3.8) is 0 Å². The van der Waals surface area contributed by atoms with Gasteiger partial charge in [-0.05, 0) is 133 Å². The van der Waals surface area contributed by atoms with Gasteiger partial charge in [0.25, 0.3) is 0 Å². The molecule has 0 radical (unpaired) electrons. The average molecular weight is 1530 g/mol. The van der Waals surface area contributed by atoms with Gasteiger partial charge >= 0.3 is 17.9 Å². The summed E-state index contributed by atoms with van der Waals surface area (Å²) in [5.74, 6) is -9.73. The lowest BCUT2D eigenvalue weighted by molar-refractivity contribution is -0.149. The van der Waals surface area contributed by atoms with Gasteiger partial charge in [0.15, 0.2) is 0 Å². The highest BCUT2D eigenvalue weighted by Crippen LogP contribution is 2.34. The molecule has 0 aliphatic heterocycles. The molecular weight excluding hydrogens is 1390 g/mol. The molecule has 5 rings (SSSR count). The van der Waals surface area contributed by atoms with E-state index in [-0.39, 0.29) is 53.2 Å². The van der Waals surface area contributed by atoms with Crippen LogP contribution in [0.3, 0.4) is 0 Å². The normalized spacial score (nSPS) is 21.0. The molecule has 11 amide bonds. The molecular formula is C79H138N12O17. The number of carboxylic acids is 3. The zero-order valence-corrected chi connectivity index (χ0v) is 66.9. The van der Waals surface area contributed by atoms with Crippen LogP contribution in [0.15, 0.2) is 0 Å². The number of carbonyl (C=O) groups is 14. The lowest BCUT2D eigenvalue weighted by atomic mass is 9.78. The van der Waals surface area contributed by atoms with Crippen molar-refractivity contribution < 1.29 is 82.4 Å². The highest BCUT2D eigenvalue weighted by atomic mass is 16.4.